The monoisotopic (exact) mass is 276 g/mol. The van der Waals surface area contributed by atoms with Crippen LogP contribution in [0, 0.1) is 0 Å². The third-order valence-electron chi connectivity index (χ3n) is 3.48. The molecule has 0 atom stereocenters. The second kappa shape index (κ2) is 4.52. The van der Waals surface area contributed by atoms with Crippen LogP contribution in [0.25, 0.3) is 22.1 Å². The zero-order chi connectivity index (χ0) is 14.2. The summed E-state index contributed by atoms with van der Waals surface area (Å²) in [6.07, 6.45) is 4.06. The molecule has 102 valence electrons. The highest BCUT2D eigenvalue weighted by atomic mass is 15.1. The maximum atomic E-state index is 5.76. The standard InChI is InChI=1S/C15H12N6/c16-15-20-12(13-14(21-15)19-8-18-13)7-9-5-6-17-11-4-2-1-3-10(9)11/h1-6,8H,7H2,(H3,16,18,19,20,21). The molecule has 0 aliphatic rings. The van der Waals surface area contributed by atoms with Gasteiger partial charge in [-0.3, -0.25) is 4.98 Å². The van der Waals surface area contributed by atoms with Crippen molar-refractivity contribution < 1.29 is 0 Å². The van der Waals surface area contributed by atoms with E-state index in [0.717, 1.165) is 27.7 Å². The quantitative estimate of drug-likeness (QED) is 0.584. The van der Waals surface area contributed by atoms with Gasteiger partial charge in [0, 0.05) is 18.0 Å². The Labute approximate surface area is 120 Å². The van der Waals surface area contributed by atoms with Crippen LogP contribution >= 0.6 is 0 Å². The van der Waals surface area contributed by atoms with Gasteiger partial charge in [0.05, 0.1) is 17.5 Å². The van der Waals surface area contributed by atoms with E-state index in [2.05, 4.69) is 31.0 Å². The Morgan fingerprint density at radius 2 is 1.95 bits per heavy atom. The van der Waals surface area contributed by atoms with Crippen LogP contribution in [-0.4, -0.2) is 24.9 Å². The minimum Gasteiger partial charge on any atom is -0.368 e. The lowest BCUT2D eigenvalue weighted by Crippen LogP contribution is -2.02. The average Bonchev–Trinajstić information content (AvgIpc) is 2.96. The fraction of sp³-hybridized carbons (Fsp3) is 0.0667. The number of hydrogen-bond donors (Lipinski definition) is 2. The molecule has 0 radical (unpaired) electrons. The molecule has 3 N–H and O–H groups in total. The van der Waals surface area contributed by atoms with Crippen LogP contribution < -0.4 is 5.73 Å². The number of hydrogen-bond acceptors (Lipinski definition) is 5. The number of aromatic amines is 1. The lowest BCUT2D eigenvalue weighted by atomic mass is 10.0. The molecule has 0 aliphatic heterocycles. The van der Waals surface area contributed by atoms with E-state index in [0.29, 0.717) is 12.1 Å². The molecule has 1 aromatic carbocycles. The van der Waals surface area contributed by atoms with Crippen LogP contribution in [0.15, 0.2) is 42.9 Å². The number of nitrogens with one attached hydrogen (secondary N) is 1. The Hall–Kier alpha value is -3.02. The molecular formula is C15H12N6. The van der Waals surface area contributed by atoms with Crippen LogP contribution in [0.2, 0.25) is 0 Å². The van der Waals surface area contributed by atoms with Gasteiger partial charge in [-0.2, -0.15) is 4.98 Å². The molecule has 6 heteroatoms. The summed E-state index contributed by atoms with van der Waals surface area (Å²) in [5.41, 5.74) is 10.1. The van der Waals surface area contributed by atoms with E-state index in [-0.39, 0.29) is 5.95 Å². The zero-order valence-corrected chi connectivity index (χ0v) is 11.1. The number of H-pyrrole nitrogens is 1. The fourth-order valence-electron chi connectivity index (χ4n) is 2.53. The Kier molecular flexibility index (Phi) is 2.53. The molecule has 0 spiro atoms. The van der Waals surface area contributed by atoms with Crippen molar-refractivity contribution in [3.63, 3.8) is 0 Å². The average molecular weight is 276 g/mol. The van der Waals surface area contributed by atoms with Gasteiger partial charge in [-0.05, 0) is 17.7 Å². The maximum Gasteiger partial charge on any atom is 0.222 e. The lowest BCUT2D eigenvalue weighted by molar-refractivity contribution is 1.07. The molecular weight excluding hydrogens is 264 g/mol. The summed E-state index contributed by atoms with van der Waals surface area (Å²) < 4.78 is 0. The highest BCUT2D eigenvalue weighted by Crippen LogP contribution is 2.21. The molecule has 6 nitrogen and oxygen atoms in total. The third kappa shape index (κ3) is 1.97. The Morgan fingerprint density at radius 3 is 2.90 bits per heavy atom. The molecule has 0 aliphatic carbocycles. The van der Waals surface area contributed by atoms with Gasteiger partial charge in [-0.1, -0.05) is 18.2 Å². The third-order valence-corrected chi connectivity index (χ3v) is 3.48. The number of benzene rings is 1. The van der Waals surface area contributed by atoms with Gasteiger partial charge in [0.1, 0.15) is 5.52 Å². The van der Waals surface area contributed by atoms with Crippen molar-refractivity contribution in [3.8, 4) is 0 Å². The number of aromatic nitrogens is 5. The van der Waals surface area contributed by atoms with Gasteiger partial charge in [-0.15, -0.1) is 0 Å². The van der Waals surface area contributed by atoms with Crippen molar-refractivity contribution in [3.05, 3.63) is 54.1 Å². The summed E-state index contributed by atoms with van der Waals surface area (Å²) in [6, 6.07) is 10.1. The zero-order valence-electron chi connectivity index (χ0n) is 11.1. The van der Waals surface area contributed by atoms with Gasteiger partial charge in [-0.25, -0.2) is 9.97 Å². The first-order chi connectivity index (χ1) is 10.3. The van der Waals surface area contributed by atoms with Crippen LogP contribution in [-0.2, 0) is 6.42 Å². The van der Waals surface area contributed by atoms with E-state index in [1.807, 2.05) is 30.5 Å². The highest BCUT2D eigenvalue weighted by Gasteiger charge is 2.11. The molecule has 3 heterocycles. The van der Waals surface area contributed by atoms with Gasteiger partial charge in [0.15, 0.2) is 5.65 Å². The van der Waals surface area contributed by atoms with Crippen molar-refractivity contribution in [2.75, 3.05) is 5.73 Å². The second-order valence-corrected chi connectivity index (χ2v) is 4.79. The summed E-state index contributed by atoms with van der Waals surface area (Å²) in [6.45, 7) is 0. The van der Waals surface area contributed by atoms with E-state index < -0.39 is 0 Å². The molecule has 0 saturated heterocycles. The van der Waals surface area contributed by atoms with Gasteiger partial charge < -0.3 is 10.7 Å². The number of para-hydroxylation sites is 1. The molecule has 0 amide bonds. The van der Waals surface area contributed by atoms with Crippen LogP contribution in [0.3, 0.4) is 0 Å². The lowest BCUT2D eigenvalue weighted by Gasteiger charge is -2.06. The summed E-state index contributed by atoms with van der Waals surface area (Å²) in [5.74, 6) is 0.239. The molecule has 21 heavy (non-hydrogen) atoms. The van der Waals surface area contributed by atoms with E-state index >= 15 is 0 Å². The van der Waals surface area contributed by atoms with Crippen molar-refractivity contribution in [1.29, 1.82) is 0 Å². The van der Waals surface area contributed by atoms with Crippen molar-refractivity contribution in [2.24, 2.45) is 0 Å². The maximum absolute atomic E-state index is 5.76. The van der Waals surface area contributed by atoms with Gasteiger partial charge in [0.25, 0.3) is 0 Å². The molecule has 4 aromatic rings. The predicted octanol–water partition coefficient (Wildman–Crippen LogP) is 2.07. The first-order valence-electron chi connectivity index (χ1n) is 6.59. The largest absolute Gasteiger partial charge is 0.368 e. The van der Waals surface area contributed by atoms with E-state index in [1.54, 1.807) is 6.33 Å². The molecule has 0 saturated carbocycles. The molecule has 3 aromatic heterocycles. The van der Waals surface area contributed by atoms with Crippen molar-refractivity contribution in [2.45, 2.75) is 6.42 Å². The van der Waals surface area contributed by atoms with Gasteiger partial charge in [0.2, 0.25) is 5.95 Å². The predicted molar refractivity (Wildman–Crippen MR) is 80.6 cm³/mol. The SMILES string of the molecule is Nc1nc(Cc2ccnc3ccccc23)c2[nH]cnc2n1. The first-order valence-corrected chi connectivity index (χ1v) is 6.59. The van der Waals surface area contributed by atoms with Crippen molar-refractivity contribution >= 4 is 28.0 Å². The topological polar surface area (TPSA) is 93.4 Å². The number of nitrogen functional groups attached to an aromatic ring is 1. The number of nitrogens with two attached hydrogens (primary N) is 1. The number of rotatable bonds is 2. The number of nitrogens with zero attached hydrogens (tertiary/aromatic N) is 4. The van der Waals surface area contributed by atoms with E-state index in [4.69, 9.17) is 5.73 Å². The summed E-state index contributed by atoms with van der Waals surface area (Å²) in [5, 5.41) is 1.12. The Morgan fingerprint density at radius 1 is 1.05 bits per heavy atom. The van der Waals surface area contributed by atoms with E-state index in [9.17, 15) is 0 Å². The van der Waals surface area contributed by atoms with Crippen molar-refractivity contribution in [1.82, 2.24) is 24.9 Å². The summed E-state index contributed by atoms with van der Waals surface area (Å²) in [4.78, 5) is 20.1. The highest BCUT2D eigenvalue weighted by molar-refractivity contribution is 5.83. The minimum absolute atomic E-state index is 0.239. The van der Waals surface area contributed by atoms with Crippen LogP contribution in [0.5, 0.6) is 0 Å². The minimum atomic E-state index is 0.239. The van der Waals surface area contributed by atoms with Crippen LogP contribution in [0.1, 0.15) is 11.3 Å². The Balaban J connectivity index is 1.89. The first kappa shape index (κ1) is 11.8. The second-order valence-electron chi connectivity index (χ2n) is 4.79. The molecule has 0 fully saturated rings. The van der Waals surface area contributed by atoms with E-state index in [1.165, 1.54) is 0 Å². The fourth-order valence-corrected chi connectivity index (χ4v) is 2.53. The number of fused-ring (bicyclic) bond motifs is 2. The number of imidazole rings is 1. The number of pyridine rings is 1. The summed E-state index contributed by atoms with van der Waals surface area (Å²) >= 11 is 0. The van der Waals surface area contributed by atoms with Gasteiger partial charge >= 0.3 is 0 Å². The number of anilines is 1. The smallest absolute Gasteiger partial charge is 0.222 e. The van der Waals surface area contributed by atoms with Crippen LogP contribution in [0.4, 0.5) is 5.95 Å². The molecule has 0 unspecified atom stereocenters. The molecule has 4 rings (SSSR count). The molecule has 0 bridgehead atoms. The Bertz CT molecular complexity index is 938. The summed E-state index contributed by atoms with van der Waals surface area (Å²) in [7, 11) is 0. The normalized spacial score (nSPS) is 11.2.